The summed E-state index contributed by atoms with van der Waals surface area (Å²) < 4.78 is 6.25. The van der Waals surface area contributed by atoms with Crippen LogP contribution in [-0.4, -0.2) is 18.7 Å². The van der Waals surface area contributed by atoms with Gasteiger partial charge in [0.1, 0.15) is 5.75 Å². The van der Waals surface area contributed by atoms with E-state index in [9.17, 15) is 4.79 Å². The van der Waals surface area contributed by atoms with Crippen LogP contribution in [0.4, 0.5) is 0 Å². The van der Waals surface area contributed by atoms with E-state index in [-0.39, 0.29) is 12.5 Å². The number of hydrazone groups is 1. The molecule has 7 heteroatoms. The predicted molar refractivity (Wildman–Crippen MR) is 91.8 cm³/mol. The summed E-state index contributed by atoms with van der Waals surface area (Å²) in [4.78, 5) is 11.6. The van der Waals surface area contributed by atoms with Gasteiger partial charge in [-0.2, -0.15) is 5.10 Å². The molecule has 0 aliphatic carbocycles. The van der Waals surface area contributed by atoms with Crippen LogP contribution in [0.2, 0.25) is 10.0 Å². The second kappa shape index (κ2) is 8.17. The van der Waals surface area contributed by atoms with Gasteiger partial charge in [0.05, 0.1) is 16.3 Å². The molecule has 0 heterocycles. The van der Waals surface area contributed by atoms with Crippen LogP contribution in [0.1, 0.15) is 5.56 Å². The average Bonchev–Trinajstić information content (AvgIpc) is 2.50. The van der Waals surface area contributed by atoms with Gasteiger partial charge < -0.3 is 4.74 Å². The van der Waals surface area contributed by atoms with Crippen molar-refractivity contribution in [3.05, 3.63) is 62.5 Å². The van der Waals surface area contributed by atoms with E-state index in [4.69, 9.17) is 27.9 Å². The minimum absolute atomic E-state index is 0.144. The highest BCUT2D eigenvalue weighted by molar-refractivity contribution is 9.10. The van der Waals surface area contributed by atoms with Crippen LogP contribution >= 0.6 is 39.1 Å². The molecule has 22 heavy (non-hydrogen) atoms. The number of carbonyl (C=O) groups is 1. The number of nitrogens with zero attached hydrogens (tertiary/aromatic N) is 1. The van der Waals surface area contributed by atoms with Crippen LogP contribution in [0.15, 0.2) is 52.0 Å². The molecule has 0 bridgehead atoms. The molecular weight excluding hydrogens is 391 g/mol. The zero-order chi connectivity index (χ0) is 15.9. The summed E-state index contributed by atoms with van der Waals surface area (Å²) in [6.45, 7) is -0.144. The maximum absolute atomic E-state index is 11.6. The van der Waals surface area contributed by atoms with Gasteiger partial charge in [0, 0.05) is 10.0 Å². The molecule has 1 amide bonds. The first-order valence-electron chi connectivity index (χ1n) is 6.20. The van der Waals surface area contributed by atoms with E-state index in [2.05, 4.69) is 26.5 Å². The normalized spacial score (nSPS) is 10.7. The molecule has 0 radical (unpaired) electrons. The minimum Gasteiger partial charge on any atom is -0.484 e. The quantitative estimate of drug-likeness (QED) is 0.600. The second-order valence-corrected chi connectivity index (χ2v) is 5.90. The van der Waals surface area contributed by atoms with Crippen LogP contribution in [0.5, 0.6) is 5.75 Å². The van der Waals surface area contributed by atoms with Gasteiger partial charge in [0.2, 0.25) is 0 Å². The number of amides is 1. The van der Waals surface area contributed by atoms with Gasteiger partial charge in [-0.15, -0.1) is 0 Å². The van der Waals surface area contributed by atoms with Gasteiger partial charge in [-0.1, -0.05) is 45.2 Å². The van der Waals surface area contributed by atoms with E-state index < -0.39 is 0 Å². The summed E-state index contributed by atoms with van der Waals surface area (Å²) in [5.74, 6) is 0.207. The standard InChI is InChI=1S/C15H11BrCl2N2O2/c16-10-4-6-11(7-5-10)22-9-15(21)20-19-8-12-13(17)2-1-3-14(12)18/h1-8H,9H2,(H,20,21). The van der Waals surface area contributed by atoms with Gasteiger partial charge in [0.15, 0.2) is 6.61 Å². The SMILES string of the molecule is O=C(COc1ccc(Br)cc1)NN=Cc1c(Cl)cccc1Cl. The van der Waals surface area contributed by atoms with Crippen molar-refractivity contribution in [1.29, 1.82) is 0 Å². The first-order valence-corrected chi connectivity index (χ1v) is 7.75. The fourth-order valence-corrected chi connectivity index (χ4v) is 2.27. The van der Waals surface area contributed by atoms with Crippen LogP contribution in [0.3, 0.4) is 0 Å². The van der Waals surface area contributed by atoms with Gasteiger partial charge in [0.25, 0.3) is 5.91 Å². The molecule has 1 N–H and O–H groups in total. The predicted octanol–water partition coefficient (Wildman–Crippen LogP) is 4.29. The Hall–Kier alpha value is -1.56. The van der Waals surface area contributed by atoms with Gasteiger partial charge in [-0.3, -0.25) is 4.79 Å². The van der Waals surface area contributed by atoms with Crippen LogP contribution in [0, 0.1) is 0 Å². The van der Waals surface area contributed by atoms with Crippen molar-refractivity contribution < 1.29 is 9.53 Å². The zero-order valence-corrected chi connectivity index (χ0v) is 14.3. The molecule has 4 nitrogen and oxygen atoms in total. The monoisotopic (exact) mass is 400 g/mol. The van der Waals surface area contributed by atoms with Crippen LogP contribution in [-0.2, 0) is 4.79 Å². The van der Waals surface area contributed by atoms with E-state index in [1.165, 1.54) is 6.21 Å². The molecule has 2 aromatic carbocycles. The zero-order valence-electron chi connectivity index (χ0n) is 11.2. The van der Waals surface area contributed by atoms with Crippen molar-refractivity contribution in [3.63, 3.8) is 0 Å². The summed E-state index contributed by atoms with van der Waals surface area (Å²) in [6, 6.07) is 12.3. The number of benzene rings is 2. The molecule has 0 aromatic heterocycles. The lowest BCUT2D eigenvalue weighted by Crippen LogP contribution is -2.24. The first-order chi connectivity index (χ1) is 10.6. The first kappa shape index (κ1) is 16.8. The maximum Gasteiger partial charge on any atom is 0.277 e. The average molecular weight is 402 g/mol. The molecule has 0 spiro atoms. The third-order valence-electron chi connectivity index (χ3n) is 2.57. The largest absolute Gasteiger partial charge is 0.484 e. The molecular formula is C15H11BrCl2N2O2. The number of carbonyl (C=O) groups excluding carboxylic acids is 1. The highest BCUT2D eigenvalue weighted by Crippen LogP contribution is 2.22. The Labute approximate surface area is 146 Å². The Morgan fingerprint density at radius 1 is 1.18 bits per heavy atom. The van der Waals surface area contributed by atoms with Gasteiger partial charge >= 0.3 is 0 Å². The fourth-order valence-electron chi connectivity index (χ4n) is 1.51. The number of ether oxygens (including phenoxy) is 1. The Morgan fingerprint density at radius 3 is 2.45 bits per heavy atom. The van der Waals surface area contributed by atoms with Crippen molar-refractivity contribution in [1.82, 2.24) is 5.43 Å². The molecule has 0 aliphatic rings. The Morgan fingerprint density at radius 2 is 1.82 bits per heavy atom. The lowest BCUT2D eigenvalue weighted by Gasteiger charge is -2.05. The van der Waals surface area contributed by atoms with E-state index in [1.54, 1.807) is 30.3 Å². The molecule has 0 saturated heterocycles. The maximum atomic E-state index is 11.6. The number of hydrogen-bond acceptors (Lipinski definition) is 3. The molecule has 2 aromatic rings. The van der Waals surface area contributed by atoms with Crippen LogP contribution < -0.4 is 10.2 Å². The van der Waals surface area contributed by atoms with Crippen molar-refractivity contribution in [2.24, 2.45) is 5.10 Å². The Bertz CT molecular complexity index is 670. The third-order valence-corrected chi connectivity index (χ3v) is 3.75. The second-order valence-electron chi connectivity index (χ2n) is 4.17. The minimum atomic E-state index is -0.387. The molecule has 2 rings (SSSR count). The lowest BCUT2D eigenvalue weighted by molar-refractivity contribution is -0.123. The summed E-state index contributed by atoms with van der Waals surface area (Å²) in [6.07, 6.45) is 1.39. The topological polar surface area (TPSA) is 50.7 Å². The number of nitrogens with one attached hydrogen (secondary N) is 1. The number of rotatable bonds is 5. The smallest absolute Gasteiger partial charge is 0.277 e. The lowest BCUT2D eigenvalue weighted by atomic mass is 10.2. The van der Waals surface area contributed by atoms with E-state index in [0.29, 0.717) is 21.4 Å². The van der Waals surface area contributed by atoms with Gasteiger partial charge in [-0.25, -0.2) is 5.43 Å². The summed E-state index contributed by atoms with van der Waals surface area (Å²) in [5, 5.41) is 4.72. The van der Waals surface area contributed by atoms with Crippen molar-refractivity contribution in [2.45, 2.75) is 0 Å². The third kappa shape index (κ3) is 5.02. The molecule has 0 aliphatic heterocycles. The summed E-state index contributed by atoms with van der Waals surface area (Å²) >= 11 is 15.3. The van der Waals surface area contributed by atoms with Crippen molar-refractivity contribution in [3.8, 4) is 5.75 Å². The number of hydrogen-bond donors (Lipinski definition) is 1. The van der Waals surface area contributed by atoms with Crippen LogP contribution in [0.25, 0.3) is 0 Å². The highest BCUT2D eigenvalue weighted by atomic mass is 79.9. The van der Waals surface area contributed by atoms with E-state index in [1.807, 2.05) is 12.1 Å². The van der Waals surface area contributed by atoms with Crippen molar-refractivity contribution >= 4 is 51.3 Å². The molecule has 0 saturated carbocycles. The van der Waals surface area contributed by atoms with E-state index >= 15 is 0 Å². The van der Waals surface area contributed by atoms with Gasteiger partial charge in [-0.05, 0) is 36.4 Å². The number of halogens is 3. The fraction of sp³-hybridized carbons (Fsp3) is 0.0667. The van der Waals surface area contributed by atoms with E-state index in [0.717, 1.165) is 4.47 Å². The Balaban J connectivity index is 1.85. The summed E-state index contributed by atoms with van der Waals surface area (Å²) in [5.41, 5.74) is 2.89. The molecule has 0 atom stereocenters. The Kier molecular flexibility index (Phi) is 6.24. The molecule has 0 fully saturated rings. The molecule has 0 unspecified atom stereocenters. The highest BCUT2D eigenvalue weighted by Gasteiger charge is 2.04. The molecule has 114 valence electrons. The van der Waals surface area contributed by atoms with Crippen molar-refractivity contribution in [2.75, 3.05) is 6.61 Å². The summed E-state index contributed by atoms with van der Waals surface area (Å²) in [7, 11) is 0.